The molecule has 0 saturated carbocycles. The van der Waals surface area contributed by atoms with Crippen molar-refractivity contribution in [2.24, 2.45) is 0 Å². The lowest BCUT2D eigenvalue weighted by molar-refractivity contribution is 0.151. The first kappa shape index (κ1) is 5.12. The SMILES string of the molecule is CN1CC2(CCS2)C1. The molecule has 2 heteroatoms. The molecule has 1 spiro atoms. The lowest BCUT2D eigenvalue weighted by atomic mass is 9.96. The summed E-state index contributed by atoms with van der Waals surface area (Å²) in [4.78, 5) is 2.40. The molecule has 2 saturated heterocycles. The van der Waals surface area contributed by atoms with Gasteiger partial charge in [-0.15, -0.1) is 0 Å². The summed E-state index contributed by atoms with van der Waals surface area (Å²) >= 11 is 2.16. The van der Waals surface area contributed by atoms with E-state index >= 15 is 0 Å². The lowest BCUT2D eigenvalue weighted by Gasteiger charge is -2.53. The van der Waals surface area contributed by atoms with E-state index in [9.17, 15) is 0 Å². The second-order valence-electron chi connectivity index (χ2n) is 2.95. The molecule has 0 N–H and O–H groups in total. The average Bonchev–Trinajstić information content (AvgIpc) is 1.51. The Balaban J connectivity index is 1.92. The molecule has 2 fully saturated rings. The van der Waals surface area contributed by atoms with Gasteiger partial charge in [0.05, 0.1) is 0 Å². The van der Waals surface area contributed by atoms with Crippen LogP contribution < -0.4 is 0 Å². The summed E-state index contributed by atoms with van der Waals surface area (Å²) in [6.45, 7) is 2.69. The molecule has 8 heavy (non-hydrogen) atoms. The van der Waals surface area contributed by atoms with Gasteiger partial charge < -0.3 is 4.90 Å². The van der Waals surface area contributed by atoms with Crippen molar-refractivity contribution < 1.29 is 0 Å². The van der Waals surface area contributed by atoms with Gasteiger partial charge >= 0.3 is 0 Å². The summed E-state index contributed by atoms with van der Waals surface area (Å²) in [6, 6.07) is 0. The predicted octanol–water partition coefficient (Wildman–Crippen LogP) is 0.807. The minimum Gasteiger partial charge on any atom is -0.304 e. The Morgan fingerprint density at radius 3 is 2.25 bits per heavy atom. The van der Waals surface area contributed by atoms with Gasteiger partial charge in [0.25, 0.3) is 0 Å². The Kier molecular flexibility index (Phi) is 0.910. The van der Waals surface area contributed by atoms with E-state index < -0.39 is 0 Å². The highest BCUT2D eigenvalue weighted by Crippen LogP contribution is 2.46. The molecule has 46 valence electrons. The summed E-state index contributed by atoms with van der Waals surface area (Å²) in [5, 5.41) is 0. The van der Waals surface area contributed by atoms with E-state index in [1.807, 2.05) is 0 Å². The first-order chi connectivity index (χ1) is 3.81. The van der Waals surface area contributed by atoms with Gasteiger partial charge in [-0.25, -0.2) is 0 Å². The van der Waals surface area contributed by atoms with Gasteiger partial charge in [0.15, 0.2) is 0 Å². The topological polar surface area (TPSA) is 3.24 Å². The molecule has 2 aliphatic heterocycles. The summed E-state index contributed by atoms with van der Waals surface area (Å²) in [6.07, 6.45) is 1.47. The van der Waals surface area contributed by atoms with Crippen LogP contribution in [-0.2, 0) is 0 Å². The Bertz CT molecular complexity index is 101. The lowest BCUT2D eigenvalue weighted by Crippen LogP contribution is -2.61. The smallest absolute Gasteiger partial charge is 0.0421 e. The highest BCUT2D eigenvalue weighted by molar-refractivity contribution is 8.02. The second kappa shape index (κ2) is 1.42. The van der Waals surface area contributed by atoms with Gasteiger partial charge in [0, 0.05) is 17.8 Å². The molecular weight excluding hydrogens is 118 g/mol. The number of nitrogens with zero attached hydrogens (tertiary/aromatic N) is 1. The van der Waals surface area contributed by atoms with E-state index in [0.717, 1.165) is 4.75 Å². The summed E-state index contributed by atoms with van der Waals surface area (Å²) in [7, 11) is 2.20. The van der Waals surface area contributed by atoms with Crippen LogP contribution in [0.2, 0.25) is 0 Å². The summed E-state index contributed by atoms with van der Waals surface area (Å²) in [5.74, 6) is 1.41. The van der Waals surface area contributed by atoms with Crippen molar-refractivity contribution in [3.05, 3.63) is 0 Å². The van der Waals surface area contributed by atoms with Crippen molar-refractivity contribution in [3.63, 3.8) is 0 Å². The fraction of sp³-hybridized carbons (Fsp3) is 1.00. The van der Waals surface area contributed by atoms with Crippen LogP contribution in [0.3, 0.4) is 0 Å². The van der Waals surface area contributed by atoms with Gasteiger partial charge in [-0.1, -0.05) is 0 Å². The quantitative estimate of drug-likeness (QED) is 0.476. The average molecular weight is 129 g/mol. The zero-order valence-electron chi connectivity index (χ0n) is 5.18. The largest absolute Gasteiger partial charge is 0.304 e. The van der Waals surface area contributed by atoms with Crippen molar-refractivity contribution in [2.45, 2.75) is 11.2 Å². The molecule has 0 atom stereocenters. The normalized spacial score (nSPS) is 34.1. The Morgan fingerprint density at radius 1 is 1.50 bits per heavy atom. The molecule has 1 nitrogen and oxygen atoms in total. The number of likely N-dealkylation sites (tertiary alicyclic amines) is 1. The highest BCUT2D eigenvalue weighted by atomic mass is 32.2. The Hall–Kier alpha value is 0.310. The zero-order chi connectivity index (χ0) is 5.61. The maximum Gasteiger partial charge on any atom is 0.0421 e. The Labute approximate surface area is 54.4 Å². The number of rotatable bonds is 0. The van der Waals surface area contributed by atoms with Gasteiger partial charge in [0.1, 0.15) is 0 Å². The fourth-order valence-electron chi connectivity index (χ4n) is 1.58. The minimum atomic E-state index is 0.759. The summed E-state index contributed by atoms with van der Waals surface area (Å²) < 4.78 is 0.759. The minimum absolute atomic E-state index is 0.759. The van der Waals surface area contributed by atoms with Gasteiger partial charge in [-0.3, -0.25) is 0 Å². The molecule has 2 heterocycles. The van der Waals surface area contributed by atoms with E-state index in [-0.39, 0.29) is 0 Å². The maximum absolute atomic E-state index is 2.40. The molecule has 0 unspecified atom stereocenters. The van der Waals surface area contributed by atoms with Crippen molar-refractivity contribution in [3.8, 4) is 0 Å². The summed E-state index contributed by atoms with van der Waals surface area (Å²) in [5.41, 5.74) is 0. The van der Waals surface area contributed by atoms with Crippen LogP contribution in [0.15, 0.2) is 0 Å². The first-order valence-corrected chi connectivity index (χ1v) is 4.12. The van der Waals surface area contributed by atoms with Gasteiger partial charge in [0.2, 0.25) is 0 Å². The maximum atomic E-state index is 2.40. The number of hydrogen-bond donors (Lipinski definition) is 0. The predicted molar refractivity (Wildman–Crippen MR) is 37.3 cm³/mol. The number of thioether (sulfide) groups is 1. The highest BCUT2D eigenvalue weighted by Gasteiger charge is 2.46. The van der Waals surface area contributed by atoms with E-state index in [0.29, 0.717) is 0 Å². The molecule has 0 aromatic rings. The fourth-order valence-corrected chi connectivity index (χ4v) is 2.98. The monoisotopic (exact) mass is 129 g/mol. The zero-order valence-corrected chi connectivity index (χ0v) is 6.00. The van der Waals surface area contributed by atoms with E-state index in [1.54, 1.807) is 0 Å². The third-order valence-corrected chi connectivity index (χ3v) is 3.57. The van der Waals surface area contributed by atoms with Crippen LogP contribution >= 0.6 is 11.8 Å². The van der Waals surface area contributed by atoms with Crippen molar-refractivity contribution in [2.75, 3.05) is 25.9 Å². The van der Waals surface area contributed by atoms with Crippen LogP contribution in [-0.4, -0.2) is 35.5 Å². The van der Waals surface area contributed by atoms with Crippen LogP contribution in [0.5, 0.6) is 0 Å². The molecule has 0 radical (unpaired) electrons. The van der Waals surface area contributed by atoms with Crippen LogP contribution in [0.4, 0.5) is 0 Å². The third-order valence-electron chi connectivity index (χ3n) is 2.08. The van der Waals surface area contributed by atoms with E-state index in [1.165, 1.54) is 25.3 Å². The third kappa shape index (κ3) is 0.531. The van der Waals surface area contributed by atoms with E-state index in [4.69, 9.17) is 0 Å². The van der Waals surface area contributed by atoms with Crippen LogP contribution in [0.25, 0.3) is 0 Å². The second-order valence-corrected chi connectivity index (χ2v) is 4.52. The molecule has 2 rings (SSSR count). The molecule has 0 amide bonds. The first-order valence-electron chi connectivity index (χ1n) is 3.13. The molecule has 0 aliphatic carbocycles. The van der Waals surface area contributed by atoms with Crippen molar-refractivity contribution in [1.29, 1.82) is 0 Å². The van der Waals surface area contributed by atoms with E-state index in [2.05, 4.69) is 23.7 Å². The molecular formula is C6H11NS. The standard InChI is InChI=1S/C6H11NS/c1-7-4-6(5-7)2-3-8-6/h2-5H2,1H3. The molecule has 2 aliphatic rings. The molecule has 0 aromatic carbocycles. The number of hydrogen-bond acceptors (Lipinski definition) is 2. The molecule has 0 aromatic heterocycles. The van der Waals surface area contributed by atoms with Gasteiger partial charge in [-0.05, 0) is 19.2 Å². The van der Waals surface area contributed by atoms with Crippen LogP contribution in [0.1, 0.15) is 6.42 Å². The Morgan fingerprint density at radius 2 is 2.12 bits per heavy atom. The molecule has 0 bridgehead atoms. The van der Waals surface area contributed by atoms with Crippen molar-refractivity contribution in [1.82, 2.24) is 4.90 Å². The van der Waals surface area contributed by atoms with Crippen molar-refractivity contribution >= 4 is 11.8 Å². The van der Waals surface area contributed by atoms with Crippen LogP contribution in [0, 0.1) is 0 Å². The van der Waals surface area contributed by atoms with Gasteiger partial charge in [-0.2, -0.15) is 11.8 Å².